The van der Waals surface area contributed by atoms with Crippen LogP contribution in [0.25, 0.3) is 0 Å². The van der Waals surface area contributed by atoms with Gasteiger partial charge in [-0.3, -0.25) is 4.79 Å². The Balaban J connectivity index is 2.26. The van der Waals surface area contributed by atoms with E-state index < -0.39 is 0 Å². The molecule has 0 heterocycles. The molecule has 0 radical (unpaired) electrons. The van der Waals surface area contributed by atoms with Crippen molar-refractivity contribution in [3.8, 4) is 5.75 Å². The number of para-hydroxylation sites is 2. The molecule has 0 saturated carbocycles. The summed E-state index contributed by atoms with van der Waals surface area (Å²) in [6.07, 6.45) is 0.877. The van der Waals surface area contributed by atoms with E-state index in [9.17, 15) is 4.79 Å². The molecule has 3 heteroatoms. The molecule has 1 N–H and O–H groups in total. The molecular weight excluding hydrogens is 238 g/mol. The highest BCUT2D eigenvalue weighted by molar-refractivity contribution is 6.06. The van der Waals surface area contributed by atoms with Gasteiger partial charge < -0.3 is 10.1 Å². The quantitative estimate of drug-likeness (QED) is 0.908. The summed E-state index contributed by atoms with van der Waals surface area (Å²) in [6.45, 7) is 2.06. The van der Waals surface area contributed by atoms with Gasteiger partial charge in [-0.25, -0.2) is 0 Å². The minimum atomic E-state index is -0.154. The van der Waals surface area contributed by atoms with E-state index in [0.29, 0.717) is 11.3 Å². The molecule has 0 aliphatic rings. The molecule has 1 amide bonds. The first kappa shape index (κ1) is 13.1. The molecule has 0 atom stereocenters. The van der Waals surface area contributed by atoms with Gasteiger partial charge in [0.25, 0.3) is 5.91 Å². The van der Waals surface area contributed by atoms with Crippen molar-refractivity contribution in [3.63, 3.8) is 0 Å². The van der Waals surface area contributed by atoms with Gasteiger partial charge in [-0.1, -0.05) is 37.3 Å². The highest BCUT2D eigenvalue weighted by Crippen LogP contribution is 2.21. The molecule has 0 aromatic heterocycles. The fraction of sp³-hybridized carbons (Fsp3) is 0.188. The standard InChI is InChI=1S/C16H17NO2/c1-3-12-8-4-6-10-14(12)17-16(18)13-9-5-7-11-15(13)19-2/h4-11H,3H2,1-2H3,(H,17,18). The van der Waals surface area contributed by atoms with Crippen molar-refractivity contribution < 1.29 is 9.53 Å². The van der Waals surface area contributed by atoms with Crippen LogP contribution in [0.15, 0.2) is 48.5 Å². The average Bonchev–Trinajstić information content (AvgIpc) is 2.47. The summed E-state index contributed by atoms with van der Waals surface area (Å²) >= 11 is 0. The molecule has 0 fully saturated rings. The lowest BCUT2D eigenvalue weighted by Gasteiger charge is -2.11. The molecule has 0 aliphatic carbocycles. The monoisotopic (exact) mass is 255 g/mol. The SMILES string of the molecule is CCc1ccccc1NC(=O)c1ccccc1OC. The van der Waals surface area contributed by atoms with E-state index in [1.54, 1.807) is 19.2 Å². The van der Waals surface area contributed by atoms with E-state index in [1.807, 2.05) is 36.4 Å². The maximum atomic E-state index is 12.3. The van der Waals surface area contributed by atoms with Gasteiger partial charge in [-0.2, -0.15) is 0 Å². The highest BCUT2D eigenvalue weighted by Gasteiger charge is 2.12. The minimum absolute atomic E-state index is 0.154. The van der Waals surface area contributed by atoms with Crippen LogP contribution in [0.5, 0.6) is 5.75 Å². The molecule has 0 spiro atoms. The van der Waals surface area contributed by atoms with Gasteiger partial charge in [-0.15, -0.1) is 0 Å². The maximum Gasteiger partial charge on any atom is 0.259 e. The van der Waals surface area contributed by atoms with Crippen LogP contribution >= 0.6 is 0 Å². The Morgan fingerprint density at radius 3 is 2.53 bits per heavy atom. The van der Waals surface area contributed by atoms with Crippen LogP contribution in [0.2, 0.25) is 0 Å². The number of nitrogens with one attached hydrogen (secondary N) is 1. The van der Waals surface area contributed by atoms with Crippen molar-refractivity contribution in [2.75, 3.05) is 12.4 Å². The topological polar surface area (TPSA) is 38.3 Å². The van der Waals surface area contributed by atoms with Crippen molar-refractivity contribution in [3.05, 3.63) is 59.7 Å². The summed E-state index contributed by atoms with van der Waals surface area (Å²) in [5.41, 5.74) is 2.50. The van der Waals surface area contributed by atoms with Crippen LogP contribution < -0.4 is 10.1 Å². The van der Waals surface area contributed by atoms with Crippen LogP contribution in [-0.2, 0) is 6.42 Å². The molecular formula is C16H17NO2. The number of carbonyl (C=O) groups is 1. The Kier molecular flexibility index (Phi) is 4.18. The van der Waals surface area contributed by atoms with Gasteiger partial charge in [0, 0.05) is 5.69 Å². The average molecular weight is 255 g/mol. The number of hydrogen-bond donors (Lipinski definition) is 1. The van der Waals surface area contributed by atoms with Gasteiger partial charge in [-0.05, 0) is 30.2 Å². The first-order valence-corrected chi connectivity index (χ1v) is 6.28. The smallest absolute Gasteiger partial charge is 0.259 e. The fourth-order valence-electron chi connectivity index (χ4n) is 1.97. The molecule has 19 heavy (non-hydrogen) atoms. The maximum absolute atomic E-state index is 12.3. The second-order valence-corrected chi connectivity index (χ2v) is 4.17. The Labute approximate surface area is 113 Å². The summed E-state index contributed by atoms with van der Waals surface area (Å²) in [5.74, 6) is 0.423. The fourth-order valence-corrected chi connectivity index (χ4v) is 1.97. The van der Waals surface area contributed by atoms with E-state index in [-0.39, 0.29) is 5.91 Å². The number of rotatable bonds is 4. The van der Waals surface area contributed by atoms with Crippen molar-refractivity contribution in [1.29, 1.82) is 0 Å². The van der Waals surface area contributed by atoms with Gasteiger partial charge in [0.1, 0.15) is 5.75 Å². The molecule has 2 aromatic carbocycles. The zero-order valence-corrected chi connectivity index (χ0v) is 11.1. The third kappa shape index (κ3) is 2.94. The highest BCUT2D eigenvalue weighted by atomic mass is 16.5. The third-order valence-corrected chi connectivity index (χ3v) is 3.00. The first-order valence-electron chi connectivity index (χ1n) is 6.28. The molecule has 2 rings (SSSR count). The first-order chi connectivity index (χ1) is 9.26. The number of ether oxygens (including phenoxy) is 1. The minimum Gasteiger partial charge on any atom is -0.496 e. The van der Waals surface area contributed by atoms with E-state index >= 15 is 0 Å². The lowest BCUT2D eigenvalue weighted by molar-refractivity contribution is 0.102. The number of hydrogen-bond acceptors (Lipinski definition) is 2. The Morgan fingerprint density at radius 2 is 1.79 bits per heavy atom. The molecule has 2 aromatic rings. The summed E-state index contributed by atoms with van der Waals surface area (Å²) < 4.78 is 5.20. The largest absolute Gasteiger partial charge is 0.496 e. The van der Waals surface area contributed by atoms with Gasteiger partial charge in [0.05, 0.1) is 12.7 Å². The molecule has 0 unspecified atom stereocenters. The van der Waals surface area contributed by atoms with Crippen LogP contribution in [0, 0.1) is 0 Å². The number of amides is 1. The predicted octanol–water partition coefficient (Wildman–Crippen LogP) is 3.51. The normalized spacial score (nSPS) is 10.0. The zero-order valence-electron chi connectivity index (χ0n) is 11.1. The molecule has 0 aliphatic heterocycles. The number of carbonyl (C=O) groups excluding carboxylic acids is 1. The second-order valence-electron chi connectivity index (χ2n) is 4.17. The van der Waals surface area contributed by atoms with Crippen LogP contribution in [0.4, 0.5) is 5.69 Å². The second kappa shape index (κ2) is 6.05. The van der Waals surface area contributed by atoms with Crippen molar-refractivity contribution in [2.45, 2.75) is 13.3 Å². The molecule has 3 nitrogen and oxygen atoms in total. The molecule has 0 bridgehead atoms. The van der Waals surface area contributed by atoms with Crippen LogP contribution in [-0.4, -0.2) is 13.0 Å². The molecule has 98 valence electrons. The van der Waals surface area contributed by atoms with Crippen molar-refractivity contribution in [1.82, 2.24) is 0 Å². The Bertz CT molecular complexity index is 578. The Morgan fingerprint density at radius 1 is 1.11 bits per heavy atom. The van der Waals surface area contributed by atoms with Crippen LogP contribution in [0.3, 0.4) is 0 Å². The van der Waals surface area contributed by atoms with E-state index in [4.69, 9.17) is 4.74 Å². The number of methoxy groups -OCH3 is 1. The molecule has 0 saturated heterocycles. The number of aryl methyl sites for hydroxylation is 1. The van der Waals surface area contributed by atoms with E-state index in [0.717, 1.165) is 17.7 Å². The van der Waals surface area contributed by atoms with E-state index in [2.05, 4.69) is 12.2 Å². The summed E-state index contributed by atoms with van der Waals surface area (Å²) in [5, 5.41) is 2.93. The van der Waals surface area contributed by atoms with Gasteiger partial charge in [0.15, 0.2) is 0 Å². The van der Waals surface area contributed by atoms with E-state index in [1.165, 1.54) is 0 Å². The third-order valence-electron chi connectivity index (χ3n) is 3.00. The zero-order chi connectivity index (χ0) is 13.7. The summed E-state index contributed by atoms with van der Waals surface area (Å²) in [6, 6.07) is 15.0. The van der Waals surface area contributed by atoms with Gasteiger partial charge >= 0.3 is 0 Å². The predicted molar refractivity (Wildman–Crippen MR) is 76.8 cm³/mol. The lowest BCUT2D eigenvalue weighted by atomic mass is 10.1. The number of anilines is 1. The number of benzene rings is 2. The van der Waals surface area contributed by atoms with Crippen molar-refractivity contribution in [2.24, 2.45) is 0 Å². The summed E-state index contributed by atoms with van der Waals surface area (Å²) in [7, 11) is 1.56. The van der Waals surface area contributed by atoms with Crippen molar-refractivity contribution >= 4 is 11.6 Å². The lowest BCUT2D eigenvalue weighted by Crippen LogP contribution is -2.14. The summed E-state index contributed by atoms with van der Waals surface area (Å²) in [4.78, 5) is 12.3. The van der Waals surface area contributed by atoms with Crippen LogP contribution in [0.1, 0.15) is 22.8 Å². The Hall–Kier alpha value is -2.29. The van der Waals surface area contributed by atoms with Gasteiger partial charge in [0.2, 0.25) is 0 Å².